The fourth-order valence-electron chi connectivity index (χ4n) is 1.44. The zero-order chi connectivity index (χ0) is 9.97. The number of aryl methyl sites for hydroxylation is 1. The molecule has 0 amide bonds. The largest absolute Gasteiger partial charge is 0.320 e. The van der Waals surface area contributed by atoms with Crippen molar-refractivity contribution in [2.45, 2.75) is 13.5 Å². The summed E-state index contributed by atoms with van der Waals surface area (Å²) in [6.45, 7) is 2.88. The van der Waals surface area contributed by atoms with Gasteiger partial charge >= 0.3 is 0 Å². The van der Waals surface area contributed by atoms with Gasteiger partial charge in [-0.3, -0.25) is 5.41 Å². The first kappa shape index (κ1) is 9.21. The molecular weight excluding hydrogens is 192 g/mol. The number of benzene rings is 1. The van der Waals surface area contributed by atoms with Gasteiger partial charge in [0.05, 0.1) is 0 Å². The summed E-state index contributed by atoms with van der Waals surface area (Å²) in [4.78, 5) is 0.603. The Hall–Kier alpha value is -1.35. The molecule has 1 aromatic heterocycles. The Kier molecular flexibility index (Phi) is 2.50. The average molecular weight is 204 g/mol. The predicted octanol–water partition coefficient (Wildman–Crippen LogP) is 2.39. The van der Waals surface area contributed by atoms with Crippen molar-refractivity contribution >= 4 is 11.3 Å². The van der Waals surface area contributed by atoms with Gasteiger partial charge in [-0.1, -0.05) is 29.8 Å². The number of rotatable bonds is 2. The minimum Gasteiger partial charge on any atom is -0.320 e. The molecule has 2 rings (SSSR count). The molecule has 0 unspecified atom stereocenters. The van der Waals surface area contributed by atoms with Crippen LogP contribution in [0.5, 0.6) is 0 Å². The van der Waals surface area contributed by atoms with E-state index in [1.807, 2.05) is 16.1 Å². The molecule has 3 heteroatoms. The molecule has 0 aliphatic heterocycles. The smallest absolute Gasteiger partial charge is 0.182 e. The van der Waals surface area contributed by atoms with Crippen LogP contribution >= 0.6 is 11.3 Å². The Labute approximate surface area is 87.0 Å². The zero-order valence-electron chi connectivity index (χ0n) is 8.03. The van der Waals surface area contributed by atoms with Gasteiger partial charge in [0, 0.05) is 18.1 Å². The third kappa shape index (κ3) is 1.93. The SMILES string of the molecule is Cc1cccc(Cn2ccsc2=N)c1. The maximum absolute atomic E-state index is 7.64. The van der Waals surface area contributed by atoms with Gasteiger partial charge in [0.2, 0.25) is 0 Å². The van der Waals surface area contributed by atoms with Crippen LogP contribution in [0.15, 0.2) is 35.8 Å². The fraction of sp³-hybridized carbons (Fsp3) is 0.182. The van der Waals surface area contributed by atoms with Gasteiger partial charge in [0.25, 0.3) is 0 Å². The van der Waals surface area contributed by atoms with Crippen molar-refractivity contribution in [3.05, 3.63) is 51.8 Å². The van der Waals surface area contributed by atoms with E-state index in [0.29, 0.717) is 4.80 Å². The summed E-state index contributed by atoms with van der Waals surface area (Å²) in [7, 11) is 0. The summed E-state index contributed by atoms with van der Waals surface area (Å²) < 4.78 is 1.94. The molecule has 0 saturated heterocycles. The van der Waals surface area contributed by atoms with Crippen molar-refractivity contribution in [3.63, 3.8) is 0 Å². The summed E-state index contributed by atoms with van der Waals surface area (Å²) in [5.74, 6) is 0. The molecule has 0 spiro atoms. The number of hydrogen-bond donors (Lipinski definition) is 1. The molecule has 0 saturated carbocycles. The van der Waals surface area contributed by atoms with E-state index in [9.17, 15) is 0 Å². The lowest BCUT2D eigenvalue weighted by molar-refractivity contribution is 0.759. The molecule has 0 bridgehead atoms. The zero-order valence-corrected chi connectivity index (χ0v) is 8.84. The number of nitrogens with zero attached hydrogens (tertiary/aromatic N) is 1. The quantitative estimate of drug-likeness (QED) is 0.778. The first-order valence-corrected chi connectivity index (χ1v) is 5.38. The second kappa shape index (κ2) is 3.80. The van der Waals surface area contributed by atoms with E-state index in [-0.39, 0.29) is 0 Å². The van der Waals surface area contributed by atoms with Crippen molar-refractivity contribution < 1.29 is 0 Å². The number of aromatic nitrogens is 1. The highest BCUT2D eigenvalue weighted by molar-refractivity contribution is 7.06. The van der Waals surface area contributed by atoms with Crippen molar-refractivity contribution in [2.24, 2.45) is 0 Å². The van der Waals surface area contributed by atoms with E-state index in [1.165, 1.54) is 22.5 Å². The van der Waals surface area contributed by atoms with Gasteiger partial charge in [-0.25, -0.2) is 0 Å². The standard InChI is InChI=1S/C11H12N2S/c1-9-3-2-4-10(7-9)8-13-5-6-14-11(13)12/h2-7,12H,8H2,1H3. The monoisotopic (exact) mass is 204 g/mol. The average Bonchev–Trinajstić information content (AvgIpc) is 2.52. The van der Waals surface area contributed by atoms with Crippen molar-refractivity contribution in [3.8, 4) is 0 Å². The van der Waals surface area contributed by atoms with Crippen LogP contribution in [0.25, 0.3) is 0 Å². The van der Waals surface area contributed by atoms with Crippen LogP contribution in [0.2, 0.25) is 0 Å². The van der Waals surface area contributed by atoms with Crippen LogP contribution in [-0.2, 0) is 6.54 Å². The van der Waals surface area contributed by atoms with Gasteiger partial charge in [0.15, 0.2) is 4.80 Å². The van der Waals surface area contributed by atoms with E-state index in [0.717, 1.165) is 6.54 Å². The van der Waals surface area contributed by atoms with Gasteiger partial charge in [-0.2, -0.15) is 0 Å². The number of nitrogens with one attached hydrogen (secondary N) is 1. The molecule has 0 fully saturated rings. The van der Waals surface area contributed by atoms with Crippen LogP contribution < -0.4 is 4.80 Å². The molecule has 0 radical (unpaired) electrons. The second-order valence-electron chi connectivity index (χ2n) is 3.33. The van der Waals surface area contributed by atoms with E-state index in [4.69, 9.17) is 5.41 Å². The van der Waals surface area contributed by atoms with Crippen LogP contribution in [0.4, 0.5) is 0 Å². The Morgan fingerprint density at radius 1 is 1.43 bits per heavy atom. The molecule has 1 heterocycles. The van der Waals surface area contributed by atoms with Crippen LogP contribution in [0.1, 0.15) is 11.1 Å². The van der Waals surface area contributed by atoms with E-state index in [1.54, 1.807) is 0 Å². The van der Waals surface area contributed by atoms with E-state index >= 15 is 0 Å². The first-order valence-electron chi connectivity index (χ1n) is 4.50. The number of hydrogen-bond acceptors (Lipinski definition) is 2. The molecule has 72 valence electrons. The predicted molar refractivity (Wildman–Crippen MR) is 58.4 cm³/mol. The molecule has 14 heavy (non-hydrogen) atoms. The minimum absolute atomic E-state index is 0.603. The topological polar surface area (TPSA) is 28.8 Å². The summed E-state index contributed by atoms with van der Waals surface area (Å²) in [5, 5.41) is 9.58. The Bertz CT molecular complexity index is 482. The first-order chi connectivity index (χ1) is 6.75. The van der Waals surface area contributed by atoms with Crippen LogP contribution in [0.3, 0.4) is 0 Å². The molecule has 0 aliphatic rings. The molecule has 1 N–H and O–H groups in total. The van der Waals surface area contributed by atoms with Crippen molar-refractivity contribution in [1.82, 2.24) is 4.57 Å². The lowest BCUT2D eigenvalue weighted by Crippen LogP contribution is -2.12. The Balaban J connectivity index is 2.27. The van der Waals surface area contributed by atoms with Gasteiger partial charge in [-0.15, -0.1) is 11.3 Å². The highest BCUT2D eigenvalue weighted by Gasteiger charge is 1.96. The van der Waals surface area contributed by atoms with Crippen molar-refractivity contribution in [2.75, 3.05) is 0 Å². The summed E-state index contributed by atoms with van der Waals surface area (Å²) in [6, 6.07) is 8.39. The highest BCUT2D eigenvalue weighted by atomic mass is 32.1. The fourth-order valence-corrected chi connectivity index (χ4v) is 2.03. The van der Waals surface area contributed by atoms with Crippen LogP contribution in [-0.4, -0.2) is 4.57 Å². The van der Waals surface area contributed by atoms with Gasteiger partial charge < -0.3 is 4.57 Å². The minimum atomic E-state index is 0.603. The molecule has 0 aliphatic carbocycles. The highest BCUT2D eigenvalue weighted by Crippen LogP contribution is 2.05. The number of thiazole rings is 1. The molecule has 2 aromatic rings. The van der Waals surface area contributed by atoms with Gasteiger partial charge in [-0.05, 0) is 12.5 Å². The van der Waals surface area contributed by atoms with E-state index < -0.39 is 0 Å². The van der Waals surface area contributed by atoms with Gasteiger partial charge in [0.1, 0.15) is 0 Å². The second-order valence-corrected chi connectivity index (χ2v) is 4.22. The normalized spacial score (nSPS) is 10.4. The summed E-state index contributed by atoms with van der Waals surface area (Å²) >= 11 is 1.46. The van der Waals surface area contributed by atoms with Crippen molar-refractivity contribution in [1.29, 1.82) is 5.41 Å². The Morgan fingerprint density at radius 3 is 2.93 bits per heavy atom. The third-order valence-electron chi connectivity index (χ3n) is 2.12. The summed E-state index contributed by atoms with van der Waals surface area (Å²) in [6.07, 6.45) is 1.95. The Morgan fingerprint density at radius 2 is 2.29 bits per heavy atom. The molecule has 2 nitrogen and oxygen atoms in total. The summed E-state index contributed by atoms with van der Waals surface area (Å²) in [5.41, 5.74) is 2.52. The van der Waals surface area contributed by atoms with E-state index in [2.05, 4.69) is 31.2 Å². The molecule has 0 atom stereocenters. The maximum Gasteiger partial charge on any atom is 0.182 e. The van der Waals surface area contributed by atoms with Crippen LogP contribution in [0, 0.1) is 12.3 Å². The lowest BCUT2D eigenvalue weighted by atomic mass is 10.1. The third-order valence-corrected chi connectivity index (χ3v) is 2.83. The molecular formula is C11H12N2S. The maximum atomic E-state index is 7.64. The lowest BCUT2D eigenvalue weighted by Gasteiger charge is -2.03. The molecule has 1 aromatic carbocycles.